The van der Waals surface area contributed by atoms with E-state index in [9.17, 15) is 29.4 Å². The lowest BCUT2D eigenvalue weighted by Gasteiger charge is -2.65. The third kappa shape index (κ3) is 5.34. The van der Waals surface area contributed by atoms with E-state index < -0.39 is 83.0 Å². The Labute approximate surface area is 260 Å². The Balaban J connectivity index is 1.72. The summed E-state index contributed by atoms with van der Waals surface area (Å²) in [6.07, 6.45) is -1.84. The average molecular weight is 627 g/mol. The highest BCUT2D eigenvalue weighted by molar-refractivity contribution is 5.87. The fraction of sp³-hybridized carbons (Fsp3) is 0.515. The van der Waals surface area contributed by atoms with Gasteiger partial charge in [0.25, 0.3) is 0 Å². The second kappa shape index (κ2) is 11.7. The molecule has 12 heteroatoms. The van der Waals surface area contributed by atoms with Crippen molar-refractivity contribution in [2.45, 2.75) is 88.7 Å². The van der Waals surface area contributed by atoms with E-state index in [0.717, 1.165) is 19.4 Å². The Hall–Kier alpha value is -4.00. The largest absolute Gasteiger partial charge is 0.465 e. The van der Waals surface area contributed by atoms with E-state index >= 15 is 0 Å². The molecule has 3 fully saturated rings. The topological polar surface area (TPSA) is 168 Å². The van der Waals surface area contributed by atoms with Crippen LogP contribution in [-0.4, -0.2) is 81.9 Å². The Morgan fingerprint density at radius 2 is 1.69 bits per heavy atom. The van der Waals surface area contributed by atoms with Crippen molar-refractivity contribution in [3.63, 3.8) is 0 Å². The maximum absolute atomic E-state index is 13.5. The molecular formula is C33H38O12. The van der Waals surface area contributed by atoms with Gasteiger partial charge in [-0.3, -0.25) is 9.59 Å². The first-order valence-corrected chi connectivity index (χ1v) is 14.8. The highest BCUT2D eigenvalue weighted by atomic mass is 16.6. The van der Waals surface area contributed by atoms with Crippen molar-refractivity contribution < 1.29 is 57.5 Å². The lowest BCUT2D eigenvalue weighted by Crippen LogP contribution is -2.83. The number of furan rings is 1. The molecule has 2 aromatic rings. The van der Waals surface area contributed by atoms with Crippen molar-refractivity contribution in [2.75, 3.05) is 6.61 Å². The third-order valence-electron chi connectivity index (χ3n) is 9.35. The maximum Gasteiger partial charge on any atom is 0.374 e. The number of benzene rings is 1. The highest BCUT2D eigenvalue weighted by Crippen LogP contribution is 2.68. The monoisotopic (exact) mass is 626 g/mol. The quantitative estimate of drug-likeness (QED) is 0.250. The van der Waals surface area contributed by atoms with Gasteiger partial charge < -0.3 is 38.3 Å². The van der Waals surface area contributed by atoms with E-state index in [2.05, 4.69) is 0 Å². The van der Waals surface area contributed by atoms with Gasteiger partial charge in [-0.1, -0.05) is 30.3 Å². The minimum absolute atomic E-state index is 0.0217. The molecule has 12 nitrogen and oxygen atoms in total. The first-order valence-electron chi connectivity index (χ1n) is 14.8. The Morgan fingerprint density at radius 1 is 0.978 bits per heavy atom. The average Bonchev–Trinajstić information content (AvgIpc) is 3.56. The van der Waals surface area contributed by atoms with Crippen molar-refractivity contribution >= 4 is 30.0 Å². The van der Waals surface area contributed by atoms with Gasteiger partial charge in [-0.15, -0.1) is 0 Å². The number of fused-ring (bicyclic) bond motifs is 1. The molecule has 2 heterocycles. The summed E-state index contributed by atoms with van der Waals surface area (Å²) in [5.41, 5.74) is -6.47. The van der Waals surface area contributed by atoms with Gasteiger partial charge in [0.15, 0.2) is 6.10 Å². The molecule has 1 aromatic heterocycles. The minimum atomic E-state index is -2.05. The van der Waals surface area contributed by atoms with Crippen molar-refractivity contribution in [2.24, 2.45) is 11.3 Å². The van der Waals surface area contributed by atoms with Crippen LogP contribution in [0.3, 0.4) is 0 Å². The van der Waals surface area contributed by atoms with E-state index in [-0.39, 0.29) is 18.6 Å². The Kier molecular flexibility index (Phi) is 8.45. The van der Waals surface area contributed by atoms with Crippen LogP contribution in [0.1, 0.15) is 63.6 Å². The number of aliphatic hydroxyl groups excluding tert-OH is 1. The summed E-state index contributed by atoms with van der Waals surface area (Å²) >= 11 is 0. The molecule has 1 spiro atoms. The number of ether oxygens (including phenoxy) is 5. The van der Waals surface area contributed by atoms with Crippen LogP contribution in [0, 0.1) is 11.3 Å². The number of esters is 4. The molecule has 1 aromatic carbocycles. The second-order valence-electron chi connectivity index (χ2n) is 12.6. The smallest absolute Gasteiger partial charge is 0.374 e. The standard InChI is InChI=1S/C33H38O12/c1-19(34)41-18-32-23(43-24(36)14-13-21-10-7-6-8-11-21)15-16-31(5,39)33(32)27(37)25(30(3,4)45-33)26(42-20(2)35)28(32)44-29(38)22-12-9-17-40-22/h6-14,17,23,25-28,37,39H,15-16,18H2,1-5H3/b14-13+/t23-,25+,26+,27?,28+,31-,32-,33+/m0/s1. The lowest BCUT2D eigenvalue weighted by molar-refractivity contribution is -0.348. The maximum atomic E-state index is 13.5. The molecular weight excluding hydrogens is 588 g/mol. The van der Waals surface area contributed by atoms with Gasteiger partial charge in [0.2, 0.25) is 5.76 Å². The molecule has 2 saturated carbocycles. The van der Waals surface area contributed by atoms with E-state index in [4.69, 9.17) is 28.1 Å². The first kappa shape index (κ1) is 32.4. The van der Waals surface area contributed by atoms with Crippen molar-refractivity contribution in [3.8, 4) is 0 Å². The first-order chi connectivity index (χ1) is 21.2. The summed E-state index contributed by atoms with van der Waals surface area (Å²) in [6.45, 7) is 6.42. The normalized spacial score (nSPS) is 34.9. The van der Waals surface area contributed by atoms with E-state index in [1.165, 1.54) is 31.4 Å². The molecule has 242 valence electrons. The molecule has 8 atom stereocenters. The molecule has 0 amide bonds. The number of rotatable bonds is 8. The summed E-state index contributed by atoms with van der Waals surface area (Å²) in [5.74, 6) is -4.49. The number of hydrogen-bond donors (Lipinski definition) is 2. The molecule has 2 N–H and O–H groups in total. The van der Waals surface area contributed by atoms with Crippen LogP contribution >= 0.6 is 0 Å². The van der Waals surface area contributed by atoms with Crippen LogP contribution in [0.2, 0.25) is 0 Å². The number of carbonyl (C=O) groups excluding carboxylic acids is 4. The predicted molar refractivity (Wildman–Crippen MR) is 155 cm³/mol. The summed E-state index contributed by atoms with van der Waals surface area (Å²) in [7, 11) is 0. The SMILES string of the molecule is CC(=O)OC[C@@]12[C@@H](OC(=O)/C=C/c3ccccc3)CC[C@](C)(O)[C@@]13OC(C)(C)[C@@H](C3O)[C@@H](OC(C)=O)[C@H]2OC(=O)c1ccco1. The van der Waals surface area contributed by atoms with Crippen LogP contribution in [-0.2, 0) is 38.1 Å². The van der Waals surface area contributed by atoms with Crippen molar-refractivity contribution in [1.82, 2.24) is 0 Å². The minimum Gasteiger partial charge on any atom is -0.465 e. The zero-order chi connectivity index (χ0) is 32.8. The van der Waals surface area contributed by atoms with E-state index in [1.807, 2.05) is 6.07 Å². The molecule has 1 unspecified atom stereocenters. The van der Waals surface area contributed by atoms with Crippen LogP contribution in [0.4, 0.5) is 0 Å². The zero-order valence-electron chi connectivity index (χ0n) is 25.8. The molecule has 2 bridgehead atoms. The van der Waals surface area contributed by atoms with Crippen LogP contribution in [0.25, 0.3) is 6.08 Å². The van der Waals surface area contributed by atoms with Gasteiger partial charge in [-0.2, -0.15) is 0 Å². The second-order valence-corrected chi connectivity index (χ2v) is 12.6. The van der Waals surface area contributed by atoms with E-state index in [0.29, 0.717) is 0 Å². The highest BCUT2D eigenvalue weighted by Gasteiger charge is 2.86. The number of hydrogen-bond acceptors (Lipinski definition) is 12. The van der Waals surface area contributed by atoms with Gasteiger partial charge in [-0.05, 0) is 57.4 Å². The molecule has 0 radical (unpaired) electrons. The predicted octanol–water partition coefficient (Wildman–Crippen LogP) is 2.99. The van der Waals surface area contributed by atoms with Gasteiger partial charge in [0, 0.05) is 19.9 Å². The van der Waals surface area contributed by atoms with E-state index in [1.54, 1.807) is 44.2 Å². The molecule has 3 aliphatic rings. The number of carbonyl (C=O) groups is 4. The van der Waals surface area contributed by atoms with Crippen LogP contribution in [0.5, 0.6) is 0 Å². The fourth-order valence-corrected chi connectivity index (χ4v) is 7.66. The molecule has 5 rings (SSSR count). The summed E-state index contributed by atoms with van der Waals surface area (Å²) in [6, 6.07) is 11.9. The van der Waals surface area contributed by atoms with Gasteiger partial charge in [0.05, 0.1) is 29.5 Å². The molecule has 2 aliphatic carbocycles. The Morgan fingerprint density at radius 3 is 2.31 bits per heavy atom. The number of aliphatic hydroxyl groups is 2. The van der Waals surface area contributed by atoms with Gasteiger partial charge >= 0.3 is 23.9 Å². The van der Waals surface area contributed by atoms with Crippen LogP contribution in [0.15, 0.2) is 59.2 Å². The Bertz CT molecular complexity index is 1460. The molecule has 45 heavy (non-hydrogen) atoms. The fourth-order valence-electron chi connectivity index (χ4n) is 7.66. The lowest BCUT2D eigenvalue weighted by atomic mass is 9.46. The molecule has 1 aliphatic heterocycles. The third-order valence-corrected chi connectivity index (χ3v) is 9.35. The van der Waals surface area contributed by atoms with Crippen molar-refractivity contribution in [3.05, 3.63) is 66.1 Å². The zero-order valence-corrected chi connectivity index (χ0v) is 25.8. The molecule has 1 saturated heterocycles. The van der Waals surface area contributed by atoms with Gasteiger partial charge in [-0.25, -0.2) is 9.59 Å². The summed E-state index contributed by atoms with van der Waals surface area (Å²) in [4.78, 5) is 51.9. The van der Waals surface area contributed by atoms with Gasteiger partial charge in [0.1, 0.15) is 29.8 Å². The summed E-state index contributed by atoms with van der Waals surface area (Å²) < 4.78 is 35.5. The summed E-state index contributed by atoms with van der Waals surface area (Å²) in [5, 5.41) is 24.3. The van der Waals surface area contributed by atoms with Crippen molar-refractivity contribution in [1.29, 1.82) is 0 Å². The van der Waals surface area contributed by atoms with Crippen LogP contribution < -0.4 is 0 Å².